The second-order valence-electron chi connectivity index (χ2n) is 5.54. The summed E-state index contributed by atoms with van der Waals surface area (Å²) in [5, 5.41) is 5.96. The zero-order chi connectivity index (χ0) is 14.4. The smallest absolute Gasteiger partial charge is 0.245 e. The van der Waals surface area contributed by atoms with E-state index in [4.69, 9.17) is 4.74 Å². The number of nitrogens with zero attached hydrogens (tertiary/aromatic N) is 1. The molecule has 1 heterocycles. The molecule has 2 fully saturated rings. The van der Waals surface area contributed by atoms with E-state index in [1.54, 1.807) is 4.90 Å². The van der Waals surface area contributed by atoms with Crippen molar-refractivity contribution >= 4 is 11.8 Å². The molecule has 6 heteroatoms. The second kappa shape index (κ2) is 7.59. The van der Waals surface area contributed by atoms with Crippen molar-refractivity contribution in [2.24, 2.45) is 5.92 Å². The van der Waals surface area contributed by atoms with Crippen molar-refractivity contribution in [1.82, 2.24) is 15.5 Å². The molecule has 6 nitrogen and oxygen atoms in total. The number of carbonyl (C=O) groups is 2. The van der Waals surface area contributed by atoms with Gasteiger partial charge in [0.15, 0.2) is 0 Å². The highest BCUT2D eigenvalue weighted by Crippen LogP contribution is 2.27. The van der Waals surface area contributed by atoms with Crippen molar-refractivity contribution in [3.63, 3.8) is 0 Å². The number of hydrogen-bond acceptors (Lipinski definition) is 4. The molecule has 2 N–H and O–H groups in total. The van der Waals surface area contributed by atoms with Crippen LogP contribution in [0.25, 0.3) is 0 Å². The number of nitrogens with one attached hydrogen (secondary N) is 2. The third-order valence-corrected chi connectivity index (χ3v) is 3.78. The van der Waals surface area contributed by atoms with E-state index in [-0.39, 0.29) is 11.8 Å². The molecular formula is C14H25N3O3. The molecule has 2 amide bonds. The van der Waals surface area contributed by atoms with Crippen molar-refractivity contribution in [1.29, 1.82) is 0 Å². The molecular weight excluding hydrogens is 258 g/mol. The Labute approximate surface area is 120 Å². The van der Waals surface area contributed by atoms with Gasteiger partial charge in [-0.1, -0.05) is 6.92 Å². The zero-order valence-corrected chi connectivity index (χ0v) is 12.2. The quantitative estimate of drug-likeness (QED) is 0.675. The Morgan fingerprint density at radius 3 is 2.60 bits per heavy atom. The predicted molar refractivity (Wildman–Crippen MR) is 75.2 cm³/mol. The normalized spacial score (nSPS) is 20.6. The Balaban J connectivity index is 1.71. The molecule has 1 unspecified atom stereocenters. The standard InChI is InChI=1S/C14H25N3O3/c1-2-12(14(19)17-5-7-20-8-6-17)16-13(18)10-15-9-11-3-4-11/h11-12,15H,2-10H2,1H3,(H,16,18). The summed E-state index contributed by atoms with van der Waals surface area (Å²) in [5.41, 5.74) is 0. The van der Waals surface area contributed by atoms with E-state index < -0.39 is 6.04 Å². The third kappa shape index (κ3) is 4.76. The van der Waals surface area contributed by atoms with Gasteiger partial charge in [-0.05, 0) is 31.7 Å². The van der Waals surface area contributed by atoms with Gasteiger partial charge in [0.2, 0.25) is 11.8 Å². The van der Waals surface area contributed by atoms with Crippen LogP contribution in [-0.4, -0.2) is 62.1 Å². The van der Waals surface area contributed by atoms with E-state index in [1.807, 2.05) is 6.92 Å². The minimum Gasteiger partial charge on any atom is -0.378 e. The van der Waals surface area contributed by atoms with Crippen LogP contribution in [0.1, 0.15) is 26.2 Å². The molecule has 0 aromatic heterocycles. The molecule has 0 aromatic carbocycles. The Morgan fingerprint density at radius 2 is 2.00 bits per heavy atom. The summed E-state index contributed by atoms with van der Waals surface area (Å²) < 4.78 is 5.23. The molecule has 20 heavy (non-hydrogen) atoms. The van der Waals surface area contributed by atoms with Gasteiger partial charge in [-0.2, -0.15) is 0 Å². The lowest BCUT2D eigenvalue weighted by Crippen LogP contribution is -2.52. The average Bonchev–Trinajstić information content (AvgIpc) is 3.29. The summed E-state index contributed by atoms with van der Waals surface area (Å²) in [6.45, 7) is 5.51. The summed E-state index contributed by atoms with van der Waals surface area (Å²) >= 11 is 0. The topological polar surface area (TPSA) is 70.7 Å². The monoisotopic (exact) mass is 283 g/mol. The highest BCUT2D eigenvalue weighted by Gasteiger charge is 2.26. The lowest BCUT2D eigenvalue weighted by atomic mass is 10.2. The first kappa shape index (κ1) is 15.3. The molecule has 0 radical (unpaired) electrons. The minimum atomic E-state index is -0.414. The summed E-state index contributed by atoms with van der Waals surface area (Å²) in [4.78, 5) is 25.9. The molecule has 1 saturated carbocycles. The zero-order valence-electron chi connectivity index (χ0n) is 12.2. The van der Waals surface area contributed by atoms with E-state index in [0.717, 1.165) is 12.5 Å². The summed E-state index contributed by atoms with van der Waals surface area (Å²) in [5.74, 6) is 0.658. The van der Waals surface area contributed by atoms with Gasteiger partial charge < -0.3 is 20.3 Å². The molecule has 0 bridgehead atoms. The van der Waals surface area contributed by atoms with Crippen LogP contribution in [0.15, 0.2) is 0 Å². The van der Waals surface area contributed by atoms with Crippen molar-refractivity contribution < 1.29 is 14.3 Å². The van der Waals surface area contributed by atoms with Gasteiger partial charge in [0.05, 0.1) is 19.8 Å². The Morgan fingerprint density at radius 1 is 1.30 bits per heavy atom. The molecule has 1 aliphatic heterocycles. The molecule has 2 aliphatic rings. The molecule has 114 valence electrons. The summed E-state index contributed by atoms with van der Waals surface area (Å²) in [6.07, 6.45) is 3.15. The number of amides is 2. The number of rotatable bonds is 7. The molecule has 2 rings (SSSR count). The maximum absolute atomic E-state index is 12.3. The summed E-state index contributed by atoms with van der Waals surface area (Å²) in [6, 6.07) is -0.414. The predicted octanol–water partition coefficient (Wildman–Crippen LogP) is -0.260. The lowest BCUT2D eigenvalue weighted by molar-refractivity contribution is -0.139. The van der Waals surface area contributed by atoms with Crippen molar-refractivity contribution in [3.05, 3.63) is 0 Å². The first-order valence-electron chi connectivity index (χ1n) is 7.57. The van der Waals surface area contributed by atoms with Gasteiger partial charge in [0.1, 0.15) is 6.04 Å². The van der Waals surface area contributed by atoms with Crippen molar-refractivity contribution in [2.75, 3.05) is 39.4 Å². The summed E-state index contributed by atoms with van der Waals surface area (Å²) in [7, 11) is 0. The first-order chi connectivity index (χ1) is 9.70. The van der Waals surface area contributed by atoms with Crippen LogP contribution in [0.5, 0.6) is 0 Å². The molecule has 0 aromatic rings. The van der Waals surface area contributed by atoms with Crippen LogP contribution in [0.2, 0.25) is 0 Å². The number of ether oxygens (including phenoxy) is 1. The Kier molecular flexibility index (Phi) is 5.79. The second-order valence-corrected chi connectivity index (χ2v) is 5.54. The maximum Gasteiger partial charge on any atom is 0.245 e. The number of hydrogen-bond donors (Lipinski definition) is 2. The van der Waals surface area contributed by atoms with Gasteiger partial charge in [0.25, 0.3) is 0 Å². The fourth-order valence-corrected chi connectivity index (χ4v) is 2.30. The van der Waals surface area contributed by atoms with Crippen LogP contribution in [-0.2, 0) is 14.3 Å². The van der Waals surface area contributed by atoms with Crippen LogP contribution < -0.4 is 10.6 Å². The van der Waals surface area contributed by atoms with Crippen LogP contribution in [0, 0.1) is 5.92 Å². The molecule has 0 spiro atoms. The van der Waals surface area contributed by atoms with E-state index in [9.17, 15) is 9.59 Å². The van der Waals surface area contributed by atoms with Gasteiger partial charge in [0, 0.05) is 13.1 Å². The largest absolute Gasteiger partial charge is 0.378 e. The van der Waals surface area contributed by atoms with Crippen LogP contribution in [0.4, 0.5) is 0 Å². The first-order valence-corrected chi connectivity index (χ1v) is 7.57. The molecule has 1 saturated heterocycles. The average molecular weight is 283 g/mol. The molecule has 1 atom stereocenters. The fraction of sp³-hybridized carbons (Fsp3) is 0.857. The lowest BCUT2D eigenvalue weighted by Gasteiger charge is -2.30. The number of carbonyl (C=O) groups excluding carboxylic acids is 2. The van der Waals surface area contributed by atoms with Crippen molar-refractivity contribution in [2.45, 2.75) is 32.2 Å². The number of morpholine rings is 1. The van der Waals surface area contributed by atoms with Crippen LogP contribution in [0.3, 0.4) is 0 Å². The van der Waals surface area contributed by atoms with E-state index in [2.05, 4.69) is 10.6 Å². The van der Waals surface area contributed by atoms with Crippen molar-refractivity contribution in [3.8, 4) is 0 Å². The van der Waals surface area contributed by atoms with E-state index in [1.165, 1.54) is 12.8 Å². The maximum atomic E-state index is 12.3. The van der Waals surface area contributed by atoms with E-state index >= 15 is 0 Å². The highest BCUT2D eigenvalue weighted by atomic mass is 16.5. The Bertz CT molecular complexity index is 339. The van der Waals surface area contributed by atoms with Crippen LogP contribution >= 0.6 is 0 Å². The Hall–Kier alpha value is -1.14. The fourth-order valence-electron chi connectivity index (χ4n) is 2.30. The SMILES string of the molecule is CCC(NC(=O)CNCC1CC1)C(=O)N1CCOCC1. The molecule has 1 aliphatic carbocycles. The van der Waals surface area contributed by atoms with E-state index in [0.29, 0.717) is 39.3 Å². The van der Waals surface area contributed by atoms with Gasteiger partial charge in [-0.25, -0.2) is 0 Å². The minimum absolute atomic E-state index is 0.00587. The van der Waals surface area contributed by atoms with Gasteiger partial charge in [-0.3, -0.25) is 9.59 Å². The van der Waals surface area contributed by atoms with Gasteiger partial charge in [-0.15, -0.1) is 0 Å². The van der Waals surface area contributed by atoms with Gasteiger partial charge >= 0.3 is 0 Å². The third-order valence-electron chi connectivity index (χ3n) is 3.78. The highest BCUT2D eigenvalue weighted by molar-refractivity contribution is 5.88.